The molecule has 0 aromatic heterocycles. The van der Waals surface area contributed by atoms with Crippen molar-refractivity contribution in [3.8, 4) is 0 Å². The van der Waals surface area contributed by atoms with Gasteiger partial charge in [0.1, 0.15) is 0 Å². The third kappa shape index (κ3) is 5.82. The van der Waals surface area contributed by atoms with E-state index >= 15 is 0 Å². The molecule has 4 rings (SSSR count). The molecule has 2 unspecified atom stereocenters. The summed E-state index contributed by atoms with van der Waals surface area (Å²) in [6, 6.07) is 15.6. The fourth-order valence-corrected chi connectivity index (χ4v) is 5.12. The second kappa shape index (κ2) is 11.2. The SMILES string of the molecule is CC(=N)N1CCCCC1CCNC(=S)NC1N=C(c2ccccc2)c2cc(Cl)ccc2N(C)C1=O. The number of likely N-dealkylation sites (tertiary alicyclic amines) is 1. The van der Waals surface area contributed by atoms with Crippen molar-refractivity contribution in [1.82, 2.24) is 15.5 Å². The van der Waals surface area contributed by atoms with Crippen LogP contribution in [0.1, 0.15) is 43.7 Å². The highest BCUT2D eigenvalue weighted by Crippen LogP contribution is 2.30. The molecule has 3 N–H and O–H groups in total. The maximum atomic E-state index is 13.4. The summed E-state index contributed by atoms with van der Waals surface area (Å²) in [6.07, 6.45) is 3.39. The summed E-state index contributed by atoms with van der Waals surface area (Å²) in [5.41, 5.74) is 3.11. The van der Waals surface area contributed by atoms with Gasteiger partial charge in [0, 0.05) is 42.3 Å². The zero-order chi connectivity index (χ0) is 24.9. The molecule has 35 heavy (non-hydrogen) atoms. The van der Waals surface area contributed by atoms with Gasteiger partial charge in [-0.05, 0) is 63.0 Å². The monoisotopic (exact) mass is 510 g/mol. The number of thiocarbonyl (C=S) groups is 1. The number of hydrogen-bond acceptors (Lipinski definition) is 4. The summed E-state index contributed by atoms with van der Waals surface area (Å²) in [5, 5.41) is 15.3. The standard InChI is InChI=1S/C26H31ClN6OS/c1-17(28)33-15-7-6-10-20(33)13-14-29-26(35)31-24-25(34)32(2)22-12-11-19(27)16-21(22)23(30-24)18-8-4-3-5-9-18/h3-5,8-9,11-12,16,20,24,28H,6-7,10,13-15H2,1-2H3,(H2,29,31,35). The van der Waals surface area contributed by atoms with Gasteiger partial charge >= 0.3 is 0 Å². The Kier molecular flexibility index (Phi) is 8.03. The van der Waals surface area contributed by atoms with Crippen molar-refractivity contribution in [2.45, 2.75) is 44.8 Å². The number of carbonyl (C=O) groups excluding carboxylic acids is 1. The number of benzodiazepines with no additional fused rings is 1. The van der Waals surface area contributed by atoms with Crippen LogP contribution in [0.25, 0.3) is 0 Å². The Balaban J connectivity index is 1.50. The molecule has 2 aromatic rings. The van der Waals surface area contributed by atoms with Crippen LogP contribution in [0.2, 0.25) is 5.02 Å². The van der Waals surface area contributed by atoms with Crippen molar-refractivity contribution in [3.63, 3.8) is 0 Å². The van der Waals surface area contributed by atoms with Crippen LogP contribution in [0.3, 0.4) is 0 Å². The Morgan fingerprint density at radius 3 is 2.74 bits per heavy atom. The lowest BCUT2D eigenvalue weighted by Gasteiger charge is -2.37. The summed E-state index contributed by atoms with van der Waals surface area (Å²) < 4.78 is 0. The molecule has 1 amide bonds. The van der Waals surface area contributed by atoms with E-state index in [0.717, 1.165) is 42.6 Å². The van der Waals surface area contributed by atoms with E-state index < -0.39 is 6.17 Å². The van der Waals surface area contributed by atoms with Crippen LogP contribution in [0.15, 0.2) is 53.5 Å². The van der Waals surface area contributed by atoms with Gasteiger partial charge < -0.3 is 20.4 Å². The van der Waals surface area contributed by atoms with E-state index in [4.69, 9.17) is 34.2 Å². The molecule has 0 spiro atoms. The number of rotatable bonds is 5. The number of halogens is 1. The van der Waals surface area contributed by atoms with Crippen LogP contribution >= 0.6 is 23.8 Å². The van der Waals surface area contributed by atoms with Crippen LogP contribution in [0, 0.1) is 5.41 Å². The molecule has 0 radical (unpaired) electrons. The lowest BCUT2D eigenvalue weighted by Crippen LogP contribution is -2.50. The minimum atomic E-state index is -0.878. The Bertz CT molecular complexity index is 1140. The Morgan fingerprint density at radius 1 is 1.23 bits per heavy atom. The van der Waals surface area contributed by atoms with Gasteiger partial charge in [0.05, 0.1) is 17.2 Å². The van der Waals surface area contributed by atoms with E-state index in [1.54, 1.807) is 18.0 Å². The van der Waals surface area contributed by atoms with E-state index in [2.05, 4.69) is 15.5 Å². The van der Waals surface area contributed by atoms with Crippen molar-refractivity contribution < 1.29 is 4.79 Å². The van der Waals surface area contributed by atoms with E-state index in [1.807, 2.05) is 49.4 Å². The zero-order valence-electron chi connectivity index (χ0n) is 20.1. The number of amidine groups is 1. The molecule has 2 heterocycles. The van der Waals surface area contributed by atoms with Crippen molar-refractivity contribution in [2.24, 2.45) is 4.99 Å². The molecule has 2 aromatic carbocycles. The smallest absolute Gasteiger partial charge is 0.272 e. The Labute approximate surface area is 217 Å². The molecule has 9 heteroatoms. The van der Waals surface area contributed by atoms with E-state index in [0.29, 0.717) is 34.3 Å². The summed E-state index contributed by atoms with van der Waals surface area (Å²) in [4.78, 5) is 21.9. The highest BCUT2D eigenvalue weighted by molar-refractivity contribution is 7.80. The van der Waals surface area contributed by atoms with Crippen LogP contribution in [0.5, 0.6) is 0 Å². The first-order chi connectivity index (χ1) is 16.8. The molecule has 1 fully saturated rings. The molecule has 184 valence electrons. The van der Waals surface area contributed by atoms with Gasteiger partial charge in [-0.15, -0.1) is 0 Å². The predicted octanol–water partition coefficient (Wildman–Crippen LogP) is 4.19. The minimum absolute atomic E-state index is 0.207. The topological polar surface area (TPSA) is 83.8 Å². The summed E-state index contributed by atoms with van der Waals surface area (Å²) >= 11 is 11.9. The van der Waals surface area contributed by atoms with Gasteiger partial charge in [-0.2, -0.15) is 0 Å². The molecule has 1 saturated heterocycles. The molecule has 0 saturated carbocycles. The highest BCUT2D eigenvalue weighted by Gasteiger charge is 2.31. The first kappa shape index (κ1) is 25.1. The molecule has 0 bridgehead atoms. The number of benzene rings is 2. The lowest BCUT2D eigenvalue weighted by molar-refractivity contribution is -0.119. The number of hydrogen-bond donors (Lipinski definition) is 3. The summed E-state index contributed by atoms with van der Waals surface area (Å²) in [5.74, 6) is 0.409. The number of anilines is 1. The third-order valence-electron chi connectivity index (χ3n) is 6.53. The molecule has 2 atom stereocenters. The second-order valence-corrected chi connectivity index (χ2v) is 9.77. The van der Waals surface area contributed by atoms with Crippen LogP contribution in [0.4, 0.5) is 5.69 Å². The number of aliphatic imine (C=N–C) groups is 1. The van der Waals surface area contributed by atoms with E-state index in [9.17, 15) is 4.79 Å². The molecular formula is C26H31ClN6OS. The largest absolute Gasteiger partial charge is 0.363 e. The Hall–Kier alpha value is -2.97. The van der Waals surface area contributed by atoms with Crippen molar-refractivity contribution in [2.75, 3.05) is 25.0 Å². The van der Waals surface area contributed by atoms with E-state index in [-0.39, 0.29) is 5.91 Å². The van der Waals surface area contributed by atoms with Gasteiger partial charge in [-0.25, -0.2) is 4.99 Å². The average Bonchev–Trinajstić information content (AvgIpc) is 2.95. The number of amides is 1. The summed E-state index contributed by atoms with van der Waals surface area (Å²) in [7, 11) is 1.74. The molecule has 2 aliphatic heterocycles. The van der Waals surface area contributed by atoms with Gasteiger partial charge in [0.15, 0.2) is 5.11 Å². The molecule has 0 aliphatic carbocycles. The highest BCUT2D eigenvalue weighted by atomic mass is 35.5. The normalized spacial score (nSPS) is 20.0. The number of piperidine rings is 1. The summed E-state index contributed by atoms with van der Waals surface area (Å²) in [6.45, 7) is 3.44. The average molecular weight is 511 g/mol. The fraction of sp³-hybridized carbons (Fsp3) is 0.385. The number of carbonyl (C=O) groups is 1. The Morgan fingerprint density at radius 2 is 2.00 bits per heavy atom. The van der Waals surface area contributed by atoms with Gasteiger partial charge in [-0.3, -0.25) is 10.2 Å². The molecular weight excluding hydrogens is 480 g/mol. The molecule has 7 nitrogen and oxygen atoms in total. The number of nitrogens with zero attached hydrogens (tertiary/aromatic N) is 3. The van der Waals surface area contributed by atoms with Gasteiger partial charge in [0.25, 0.3) is 5.91 Å². The van der Waals surface area contributed by atoms with Crippen LogP contribution in [-0.4, -0.2) is 59.8 Å². The lowest BCUT2D eigenvalue weighted by atomic mass is 9.99. The maximum Gasteiger partial charge on any atom is 0.272 e. The third-order valence-corrected chi connectivity index (χ3v) is 7.03. The van der Waals surface area contributed by atoms with Crippen molar-refractivity contribution >= 4 is 52.1 Å². The minimum Gasteiger partial charge on any atom is -0.363 e. The van der Waals surface area contributed by atoms with Crippen molar-refractivity contribution in [3.05, 3.63) is 64.7 Å². The van der Waals surface area contributed by atoms with Gasteiger partial charge in [0.2, 0.25) is 6.17 Å². The second-order valence-electron chi connectivity index (χ2n) is 8.92. The quantitative estimate of drug-likeness (QED) is 0.319. The van der Waals surface area contributed by atoms with Crippen molar-refractivity contribution in [1.29, 1.82) is 5.41 Å². The van der Waals surface area contributed by atoms with Crippen LogP contribution < -0.4 is 15.5 Å². The predicted molar refractivity (Wildman–Crippen MR) is 147 cm³/mol. The van der Waals surface area contributed by atoms with E-state index in [1.165, 1.54) is 6.42 Å². The number of fused-ring (bicyclic) bond motifs is 1. The molecule has 2 aliphatic rings. The van der Waals surface area contributed by atoms with Gasteiger partial charge in [-0.1, -0.05) is 41.9 Å². The first-order valence-corrected chi connectivity index (χ1v) is 12.7. The first-order valence-electron chi connectivity index (χ1n) is 11.9. The zero-order valence-corrected chi connectivity index (χ0v) is 21.6. The fourth-order valence-electron chi connectivity index (χ4n) is 4.74. The number of nitrogens with one attached hydrogen (secondary N) is 3. The maximum absolute atomic E-state index is 13.4. The van der Waals surface area contributed by atoms with Crippen LogP contribution in [-0.2, 0) is 4.79 Å². The number of likely N-dealkylation sites (N-methyl/N-ethyl adjacent to an activating group) is 1.